The molecule has 0 aliphatic rings. The Labute approximate surface area is 62.6 Å². The van der Waals surface area contributed by atoms with Gasteiger partial charge in [-0.1, -0.05) is 0 Å². The Morgan fingerprint density at radius 1 is 1.86 bits per heavy atom. The van der Waals surface area contributed by atoms with Gasteiger partial charge in [-0.25, -0.2) is 0 Å². The lowest BCUT2D eigenvalue weighted by Gasteiger charge is -1.65. The summed E-state index contributed by atoms with van der Waals surface area (Å²) in [5.41, 5.74) is 0. The van der Waals surface area contributed by atoms with E-state index in [0.717, 1.165) is 4.60 Å². The third-order valence-electron chi connectivity index (χ3n) is 0.448. The van der Waals surface area contributed by atoms with E-state index >= 15 is 0 Å². The lowest BCUT2D eigenvalue weighted by molar-refractivity contribution is 0.525. The molecule has 1 aromatic heterocycles. The average molecular weight is 274 g/mol. The van der Waals surface area contributed by atoms with Gasteiger partial charge in [0.15, 0.2) is 0 Å². The van der Waals surface area contributed by atoms with Crippen molar-refractivity contribution in [2.45, 2.75) is 0 Å². The maximum absolute atomic E-state index is 4.79. The average Bonchev–Trinajstić information content (AvgIpc) is 1.87. The molecule has 0 radical (unpaired) electrons. The van der Waals surface area contributed by atoms with Crippen LogP contribution in [0.2, 0.25) is 0 Å². The molecule has 1 aromatic rings. The first-order chi connectivity index (χ1) is 3.29. The molecule has 1 heterocycles. The Kier molecular flexibility index (Phi) is 1.69. The second kappa shape index (κ2) is 2.13. The normalized spacial score (nSPS) is 9.43. The highest BCUT2D eigenvalue weighted by Gasteiger charge is 1.91. The van der Waals surface area contributed by atoms with Gasteiger partial charge in [0.25, 0.3) is 3.90 Å². The minimum Gasteiger partial charge on any atom is -0.439 e. The fourth-order valence-electron chi connectivity index (χ4n) is 0.234. The summed E-state index contributed by atoms with van der Waals surface area (Å²) in [7, 11) is 0. The summed E-state index contributed by atoms with van der Waals surface area (Å²) in [6, 6.07) is 0. The summed E-state index contributed by atoms with van der Waals surface area (Å²) in [5.74, 6) is 0. The predicted molar refractivity (Wildman–Crippen MR) is 36.9 cm³/mol. The van der Waals surface area contributed by atoms with Gasteiger partial charge in [0, 0.05) is 22.6 Å². The molecular formula is C3HBrINO. The molecule has 0 aliphatic heterocycles. The van der Waals surface area contributed by atoms with Crippen molar-refractivity contribution in [2.75, 3.05) is 0 Å². The molecule has 0 aromatic carbocycles. The van der Waals surface area contributed by atoms with E-state index in [2.05, 4.69) is 20.9 Å². The molecule has 38 valence electrons. The number of nitrogens with zero attached hydrogens (tertiary/aromatic N) is 1. The van der Waals surface area contributed by atoms with E-state index in [9.17, 15) is 0 Å². The molecular weight excluding hydrogens is 273 g/mol. The van der Waals surface area contributed by atoms with E-state index < -0.39 is 0 Å². The zero-order valence-electron chi connectivity index (χ0n) is 3.19. The highest BCUT2D eigenvalue weighted by atomic mass is 127. The lowest BCUT2D eigenvalue weighted by atomic mass is 11.0. The van der Waals surface area contributed by atoms with E-state index in [4.69, 9.17) is 4.42 Å². The number of rotatable bonds is 0. The highest BCUT2D eigenvalue weighted by Crippen LogP contribution is 2.09. The van der Waals surface area contributed by atoms with Crippen molar-refractivity contribution < 1.29 is 4.42 Å². The van der Waals surface area contributed by atoms with E-state index in [-0.39, 0.29) is 0 Å². The maximum Gasteiger partial charge on any atom is 0.258 e. The van der Waals surface area contributed by atoms with E-state index in [1.165, 1.54) is 0 Å². The zero-order valence-corrected chi connectivity index (χ0v) is 6.93. The molecule has 0 saturated carbocycles. The van der Waals surface area contributed by atoms with Crippen molar-refractivity contribution in [2.24, 2.45) is 0 Å². The van der Waals surface area contributed by atoms with Crippen molar-refractivity contribution in [3.63, 3.8) is 0 Å². The SMILES string of the molecule is Brc1coc(I)n1. The molecule has 1 rings (SSSR count). The van der Waals surface area contributed by atoms with Gasteiger partial charge in [0.1, 0.15) is 10.9 Å². The van der Waals surface area contributed by atoms with Crippen molar-refractivity contribution in [1.29, 1.82) is 0 Å². The van der Waals surface area contributed by atoms with Crippen molar-refractivity contribution in [3.8, 4) is 0 Å². The van der Waals surface area contributed by atoms with Crippen LogP contribution in [0.5, 0.6) is 0 Å². The summed E-state index contributed by atoms with van der Waals surface area (Å²) in [4.78, 5) is 3.85. The summed E-state index contributed by atoms with van der Waals surface area (Å²) in [6.07, 6.45) is 1.54. The van der Waals surface area contributed by atoms with Crippen LogP contribution in [0.3, 0.4) is 0 Å². The second-order valence-corrected chi connectivity index (χ2v) is 2.66. The fraction of sp³-hybridized carbons (Fsp3) is 0. The number of hydrogen-bond donors (Lipinski definition) is 0. The van der Waals surface area contributed by atoms with Crippen LogP contribution in [0.1, 0.15) is 0 Å². The maximum atomic E-state index is 4.79. The molecule has 0 saturated heterocycles. The van der Waals surface area contributed by atoms with Crippen LogP contribution < -0.4 is 0 Å². The first-order valence-corrected chi connectivity index (χ1v) is 3.43. The molecule has 0 aliphatic carbocycles. The van der Waals surface area contributed by atoms with Crippen LogP contribution in [-0.4, -0.2) is 4.98 Å². The molecule has 0 unspecified atom stereocenters. The van der Waals surface area contributed by atoms with Crippen molar-refractivity contribution in [3.05, 3.63) is 14.8 Å². The van der Waals surface area contributed by atoms with Gasteiger partial charge < -0.3 is 4.42 Å². The first-order valence-electron chi connectivity index (χ1n) is 1.55. The highest BCUT2D eigenvalue weighted by molar-refractivity contribution is 14.1. The summed E-state index contributed by atoms with van der Waals surface area (Å²) >= 11 is 5.12. The van der Waals surface area contributed by atoms with Gasteiger partial charge in [0.05, 0.1) is 0 Å². The van der Waals surface area contributed by atoms with E-state index in [0.29, 0.717) is 3.90 Å². The Bertz CT molecular complexity index is 147. The van der Waals surface area contributed by atoms with Gasteiger partial charge in [-0.3, -0.25) is 0 Å². The molecule has 0 atom stereocenters. The molecule has 0 N–H and O–H groups in total. The van der Waals surface area contributed by atoms with Crippen molar-refractivity contribution in [1.82, 2.24) is 4.98 Å². The zero-order chi connectivity index (χ0) is 5.28. The minimum absolute atomic E-state index is 0.657. The molecule has 0 amide bonds. The van der Waals surface area contributed by atoms with Gasteiger partial charge in [0.2, 0.25) is 0 Å². The van der Waals surface area contributed by atoms with E-state index in [1.807, 2.05) is 22.6 Å². The van der Waals surface area contributed by atoms with Gasteiger partial charge >= 0.3 is 0 Å². The number of oxazole rings is 1. The van der Waals surface area contributed by atoms with Gasteiger partial charge in [-0.05, 0) is 15.9 Å². The largest absolute Gasteiger partial charge is 0.439 e. The number of aromatic nitrogens is 1. The third-order valence-corrected chi connectivity index (χ3v) is 1.31. The molecule has 4 heteroatoms. The standard InChI is InChI=1S/C3HBrINO/c4-2-1-7-3(5)6-2/h1H. The quantitative estimate of drug-likeness (QED) is 0.676. The summed E-state index contributed by atoms with van der Waals surface area (Å²) < 4.78 is 6.20. The lowest BCUT2D eigenvalue weighted by Crippen LogP contribution is -1.61. The molecule has 2 nitrogen and oxygen atoms in total. The molecule has 0 spiro atoms. The van der Waals surface area contributed by atoms with Crippen LogP contribution in [0.25, 0.3) is 0 Å². The monoisotopic (exact) mass is 273 g/mol. The molecule has 0 bridgehead atoms. The van der Waals surface area contributed by atoms with Crippen LogP contribution in [0.15, 0.2) is 15.3 Å². The Morgan fingerprint density at radius 2 is 2.57 bits per heavy atom. The smallest absolute Gasteiger partial charge is 0.258 e. The number of halogens is 2. The summed E-state index contributed by atoms with van der Waals surface area (Å²) in [6.45, 7) is 0. The minimum atomic E-state index is 0.657. The van der Waals surface area contributed by atoms with Crippen molar-refractivity contribution >= 4 is 38.5 Å². The van der Waals surface area contributed by atoms with Crippen LogP contribution in [0.4, 0.5) is 0 Å². The Balaban J connectivity index is 3.04. The van der Waals surface area contributed by atoms with Gasteiger partial charge in [-0.15, -0.1) is 0 Å². The van der Waals surface area contributed by atoms with Crippen LogP contribution >= 0.6 is 38.5 Å². The molecule has 0 fully saturated rings. The van der Waals surface area contributed by atoms with Crippen LogP contribution in [-0.2, 0) is 0 Å². The number of hydrogen-bond acceptors (Lipinski definition) is 2. The predicted octanol–water partition coefficient (Wildman–Crippen LogP) is 2.04. The van der Waals surface area contributed by atoms with Gasteiger partial charge in [-0.2, -0.15) is 4.98 Å². The van der Waals surface area contributed by atoms with Crippen LogP contribution in [0, 0.1) is 3.90 Å². The topological polar surface area (TPSA) is 26.0 Å². The Hall–Kier alpha value is 0.420. The van der Waals surface area contributed by atoms with E-state index in [1.54, 1.807) is 6.26 Å². The molecule has 7 heavy (non-hydrogen) atoms. The Morgan fingerprint density at radius 3 is 2.71 bits per heavy atom. The first kappa shape index (κ1) is 5.55. The second-order valence-electron chi connectivity index (χ2n) is 0.923. The summed E-state index contributed by atoms with van der Waals surface area (Å²) in [5, 5.41) is 0. The fourth-order valence-corrected chi connectivity index (χ4v) is 1.21. The third kappa shape index (κ3) is 1.41.